The van der Waals surface area contributed by atoms with Crippen LogP contribution in [0.25, 0.3) is 0 Å². The molecule has 0 saturated heterocycles. The van der Waals surface area contributed by atoms with Crippen LogP contribution in [0.1, 0.15) is 32.8 Å². The number of ether oxygens (including phenoxy) is 2. The summed E-state index contributed by atoms with van der Waals surface area (Å²) in [6, 6.07) is 11.3. The first-order valence-corrected chi connectivity index (χ1v) is 10.8. The fourth-order valence-corrected chi connectivity index (χ4v) is 3.50. The predicted octanol–water partition coefficient (Wildman–Crippen LogP) is 4.71. The van der Waals surface area contributed by atoms with Gasteiger partial charge in [-0.1, -0.05) is 36.2 Å². The summed E-state index contributed by atoms with van der Waals surface area (Å²) in [6.07, 6.45) is 0.442. The molecular weight excluding hydrogens is 439 g/mol. The van der Waals surface area contributed by atoms with Crippen molar-refractivity contribution in [1.82, 2.24) is 10.2 Å². The van der Waals surface area contributed by atoms with Gasteiger partial charge >= 0.3 is 0 Å². The van der Waals surface area contributed by atoms with Crippen LogP contribution < -0.4 is 14.8 Å². The van der Waals surface area contributed by atoms with E-state index in [1.807, 2.05) is 20.8 Å². The van der Waals surface area contributed by atoms with Gasteiger partial charge in [-0.3, -0.25) is 9.59 Å². The molecule has 2 rings (SSSR count). The SMILES string of the molecule is CC[C@@H](C(=O)NC(C)C)N(Cc1ccc(Cl)cc1Cl)C(=O)COc1ccc(OC)cc1. The molecule has 168 valence electrons. The highest BCUT2D eigenvalue weighted by Gasteiger charge is 2.29. The van der Waals surface area contributed by atoms with Gasteiger partial charge in [0.2, 0.25) is 5.91 Å². The van der Waals surface area contributed by atoms with Gasteiger partial charge in [-0.05, 0) is 62.2 Å². The maximum atomic E-state index is 13.1. The highest BCUT2D eigenvalue weighted by atomic mass is 35.5. The van der Waals surface area contributed by atoms with Gasteiger partial charge in [0.25, 0.3) is 5.91 Å². The van der Waals surface area contributed by atoms with Gasteiger partial charge in [0, 0.05) is 22.6 Å². The van der Waals surface area contributed by atoms with Crippen LogP contribution in [0.4, 0.5) is 0 Å². The summed E-state index contributed by atoms with van der Waals surface area (Å²) in [4.78, 5) is 27.4. The molecule has 2 amide bonds. The average molecular weight is 467 g/mol. The number of nitrogens with zero attached hydrogens (tertiary/aromatic N) is 1. The Bertz CT molecular complexity index is 888. The number of hydrogen-bond donors (Lipinski definition) is 1. The maximum Gasteiger partial charge on any atom is 0.261 e. The van der Waals surface area contributed by atoms with Crippen molar-refractivity contribution in [2.24, 2.45) is 0 Å². The molecule has 0 bridgehead atoms. The Morgan fingerprint density at radius 3 is 2.26 bits per heavy atom. The minimum absolute atomic E-state index is 0.0480. The molecule has 0 aliphatic carbocycles. The van der Waals surface area contributed by atoms with Crippen LogP contribution in [-0.4, -0.2) is 42.5 Å². The third-order valence-corrected chi connectivity index (χ3v) is 5.18. The summed E-state index contributed by atoms with van der Waals surface area (Å²) in [5.41, 5.74) is 0.694. The van der Waals surface area contributed by atoms with E-state index in [9.17, 15) is 9.59 Å². The summed E-state index contributed by atoms with van der Waals surface area (Å²) in [5, 5.41) is 3.81. The van der Waals surface area contributed by atoms with E-state index in [2.05, 4.69) is 5.32 Å². The first kappa shape index (κ1) is 24.8. The van der Waals surface area contributed by atoms with Crippen molar-refractivity contribution in [3.8, 4) is 11.5 Å². The van der Waals surface area contributed by atoms with Crippen LogP contribution in [0, 0.1) is 0 Å². The first-order valence-electron chi connectivity index (χ1n) is 10.1. The average Bonchev–Trinajstić information content (AvgIpc) is 2.73. The molecule has 2 aromatic carbocycles. The van der Waals surface area contributed by atoms with Gasteiger partial charge in [0.05, 0.1) is 7.11 Å². The molecule has 31 heavy (non-hydrogen) atoms. The number of hydrogen-bond acceptors (Lipinski definition) is 4. The summed E-state index contributed by atoms with van der Waals surface area (Å²) >= 11 is 12.3. The quantitative estimate of drug-likeness (QED) is 0.550. The standard InChI is InChI=1S/C23H28Cl2N2O4/c1-5-21(23(29)26-15(2)3)27(13-16-6-7-17(24)12-20(16)25)22(28)14-31-19-10-8-18(30-4)9-11-19/h6-12,15,21H,5,13-14H2,1-4H3,(H,26,29)/t21-/m0/s1. The van der Waals surface area contributed by atoms with Crippen LogP contribution in [-0.2, 0) is 16.1 Å². The lowest BCUT2D eigenvalue weighted by molar-refractivity contribution is -0.143. The van der Waals surface area contributed by atoms with E-state index in [1.165, 1.54) is 4.90 Å². The van der Waals surface area contributed by atoms with Crippen LogP contribution in [0.5, 0.6) is 11.5 Å². The maximum absolute atomic E-state index is 13.1. The van der Waals surface area contributed by atoms with E-state index in [1.54, 1.807) is 49.6 Å². The van der Waals surface area contributed by atoms with Crippen molar-refractivity contribution in [1.29, 1.82) is 0 Å². The zero-order valence-corrected chi connectivity index (χ0v) is 19.7. The number of benzene rings is 2. The Labute approximate surface area is 193 Å². The second kappa shape index (κ2) is 11.8. The van der Waals surface area contributed by atoms with E-state index in [4.69, 9.17) is 32.7 Å². The van der Waals surface area contributed by atoms with E-state index < -0.39 is 6.04 Å². The minimum atomic E-state index is -0.666. The summed E-state index contributed by atoms with van der Waals surface area (Å²) in [6.45, 7) is 5.55. The van der Waals surface area contributed by atoms with Gasteiger partial charge < -0.3 is 19.7 Å². The van der Waals surface area contributed by atoms with Crippen LogP contribution in [0.15, 0.2) is 42.5 Å². The van der Waals surface area contributed by atoms with Gasteiger partial charge in [-0.2, -0.15) is 0 Å². The predicted molar refractivity (Wildman–Crippen MR) is 123 cm³/mol. The summed E-state index contributed by atoms with van der Waals surface area (Å²) in [5.74, 6) is 0.667. The number of amides is 2. The molecule has 6 nitrogen and oxygen atoms in total. The zero-order valence-electron chi connectivity index (χ0n) is 18.2. The Hall–Kier alpha value is -2.44. The molecule has 0 aliphatic heterocycles. The van der Waals surface area contributed by atoms with E-state index >= 15 is 0 Å². The molecule has 0 unspecified atom stereocenters. The molecule has 2 aromatic rings. The molecule has 0 fully saturated rings. The van der Waals surface area contributed by atoms with Crippen molar-refractivity contribution in [3.05, 3.63) is 58.1 Å². The molecule has 0 heterocycles. The molecule has 0 aliphatic rings. The highest BCUT2D eigenvalue weighted by Crippen LogP contribution is 2.24. The lowest BCUT2D eigenvalue weighted by Crippen LogP contribution is -2.51. The fraction of sp³-hybridized carbons (Fsp3) is 0.391. The third-order valence-electron chi connectivity index (χ3n) is 4.59. The second-order valence-corrected chi connectivity index (χ2v) is 8.15. The van der Waals surface area contributed by atoms with E-state index in [0.717, 1.165) is 0 Å². The largest absolute Gasteiger partial charge is 0.497 e. The van der Waals surface area contributed by atoms with E-state index in [0.29, 0.717) is 33.5 Å². The van der Waals surface area contributed by atoms with Crippen LogP contribution in [0.2, 0.25) is 10.0 Å². The van der Waals surface area contributed by atoms with Crippen LogP contribution >= 0.6 is 23.2 Å². The Balaban J connectivity index is 2.23. The number of nitrogens with one attached hydrogen (secondary N) is 1. The molecule has 1 atom stereocenters. The zero-order chi connectivity index (χ0) is 23.0. The van der Waals surface area contributed by atoms with Crippen LogP contribution in [0.3, 0.4) is 0 Å². The molecule has 8 heteroatoms. The van der Waals surface area contributed by atoms with Crippen molar-refractivity contribution in [2.45, 2.75) is 45.8 Å². The lowest BCUT2D eigenvalue weighted by atomic mass is 10.1. The molecule has 0 aromatic heterocycles. The number of rotatable bonds is 10. The number of halogens is 2. The molecule has 1 N–H and O–H groups in total. The third kappa shape index (κ3) is 7.33. The van der Waals surface area contributed by atoms with Gasteiger partial charge in [-0.25, -0.2) is 0 Å². The van der Waals surface area contributed by atoms with Gasteiger partial charge in [-0.15, -0.1) is 0 Å². The molecule has 0 radical (unpaired) electrons. The topological polar surface area (TPSA) is 67.9 Å². The fourth-order valence-electron chi connectivity index (χ4n) is 3.03. The number of methoxy groups -OCH3 is 1. The van der Waals surface area contributed by atoms with E-state index in [-0.39, 0.29) is 31.0 Å². The van der Waals surface area contributed by atoms with Gasteiger partial charge in [0.1, 0.15) is 17.5 Å². The Morgan fingerprint density at radius 1 is 1.06 bits per heavy atom. The summed E-state index contributed by atoms with van der Waals surface area (Å²) in [7, 11) is 1.58. The Morgan fingerprint density at radius 2 is 1.71 bits per heavy atom. The van der Waals surface area contributed by atoms with Gasteiger partial charge in [0.15, 0.2) is 6.61 Å². The minimum Gasteiger partial charge on any atom is -0.497 e. The monoisotopic (exact) mass is 466 g/mol. The number of carbonyl (C=O) groups excluding carboxylic acids is 2. The van der Waals surface area contributed by atoms with Crippen molar-refractivity contribution < 1.29 is 19.1 Å². The second-order valence-electron chi connectivity index (χ2n) is 7.31. The van der Waals surface area contributed by atoms with Crippen molar-refractivity contribution >= 4 is 35.0 Å². The van der Waals surface area contributed by atoms with Crippen molar-refractivity contribution in [2.75, 3.05) is 13.7 Å². The Kier molecular flexibility index (Phi) is 9.46. The summed E-state index contributed by atoms with van der Waals surface area (Å²) < 4.78 is 10.8. The normalized spacial score (nSPS) is 11.7. The smallest absolute Gasteiger partial charge is 0.261 e. The number of carbonyl (C=O) groups is 2. The van der Waals surface area contributed by atoms with Crippen molar-refractivity contribution in [3.63, 3.8) is 0 Å². The molecule has 0 spiro atoms. The highest BCUT2D eigenvalue weighted by molar-refractivity contribution is 6.35. The lowest BCUT2D eigenvalue weighted by Gasteiger charge is -2.31. The first-order chi connectivity index (χ1) is 14.7. The molecular formula is C23H28Cl2N2O4. The molecule has 0 saturated carbocycles.